The Kier molecular flexibility index (Phi) is 10.6. The Morgan fingerprint density at radius 2 is 1.31 bits per heavy atom. The van der Waals surface area contributed by atoms with Gasteiger partial charge in [0.25, 0.3) is 5.69 Å². The molecule has 3 aromatic rings. The number of hydrogen-bond donors (Lipinski definition) is 0. The molecular formula is C34H45N3O2. The van der Waals surface area contributed by atoms with Gasteiger partial charge in [-0.05, 0) is 64.1 Å². The van der Waals surface area contributed by atoms with Crippen LogP contribution in [0.4, 0.5) is 17.1 Å². The van der Waals surface area contributed by atoms with Gasteiger partial charge in [-0.1, -0.05) is 123 Å². The SMILES string of the molecule is CCCCCC(C)(C)c1cccc(-c2cc(N=Nc3ccccc3[N+](=O)[O-])cc(C(C)(C)CCCCC)c2)c1. The summed E-state index contributed by atoms with van der Waals surface area (Å²) in [6.07, 6.45) is 9.51. The van der Waals surface area contributed by atoms with E-state index in [0.29, 0.717) is 5.69 Å². The Morgan fingerprint density at radius 1 is 0.692 bits per heavy atom. The standard InChI is InChI=1S/C34H45N3O2/c1-7-9-13-20-33(3,4)28-17-15-16-26(22-28)27-23-29(34(5,6)21-14-10-8-2)25-30(24-27)35-36-31-18-11-12-19-32(31)37(38)39/h11-12,15-19,22-25H,7-10,13-14,20-21H2,1-6H3. The lowest BCUT2D eigenvalue weighted by Gasteiger charge is -2.27. The zero-order valence-electron chi connectivity index (χ0n) is 24.7. The lowest BCUT2D eigenvalue weighted by atomic mass is 9.77. The first-order valence-corrected chi connectivity index (χ1v) is 14.5. The van der Waals surface area contributed by atoms with Crippen molar-refractivity contribution in [1.29, 1.82) is 0 Å². The van der Waals surface area contributed by atoms with Gasteiger partial charge in [0.05, 0.1) is 10.6 Å². The van der Waals surface area contributed by atoms with Crippen LogP contribution in [0.3, 0.4) is 0 Å². The predicted octanol–water partition coefficient (Wildman–Crippen LogP) is 11.4. The van der Waals surface area contributed by atoms with Gasteiger partial charge in [-0.3, -0.25) is 10.1 Å². The molecule has 3 aromatic carbocycles. The van der Waals surface area contributed by atoms with E-state index in [-0.39, 0.29) is 22.2 Å². The minimum atomic E-state index is -0.416. The molecule has 0 atom stereocenters. The molecule has 0 N–H and O–H groups in total. The van der Waals surface area contributed by atoms with E-state index in [4.69, 9.17) is 0 Å². The third kappa shape index (κ3) is 8.32. The molecule has 5 nitrogen and oxygen atoms in total. The third-order valence-electron chi connectivity index (χ3n) is 7.84. The van der Waals surface area contributed by atoms with E-state index in [9.17, 15) is 10.1 Å². The van der Waals surface area contributed by atoms with Crippen molar-refractivity contribution in [2.45, 2.75) is 104 Å². The van der Waals surface area contributed by atoms with Crippen molar-refractivity contribution in [1.82, 2.24) is 0 Å². The normalized spacial score (nSPS) is 12.3. The van der Waals surface area contributed by atoms with Gasteiger partial charge in [-0.2, -0.15) is 5.11 Å². The molecule has 0 radical (unpaired) electrons. The summed E-state index contributed by atoms with van der Waals surface area (Å²) < 4.78 is 0. The molecule has 0 bridgehead atoms. The van der Waals surface area contributed by atoms with Crippen molar-refractivity contribution in [3.63, 3.8) is 0 Å². The van der Waals surface area contributed by atoms with Gasteiger partial charge in [-0.25, -0.2) is 0 Å². The molecule has 0 spiro atoms. The van der Waals surface area contributed by atoms with Gasteiger partial charge < -0.3 is 0 Å². The molecule has 0 heterocycles. The topological polar surface area (TPSA) is 67.9 Å². The van der Waals surface area contributed by atoms with Crippen molar-refractivity contribution in [3.05, 3.63) is 88.0 Å². The van der Waals surface area contributed by atoms with Crippen LogP contribution >= 0.6 is 0 Å². The van der Waals surface area contributed by atoms with Crippen molar-refractivity contribution in [2.75, 3.05) is 0 Å². The molecule has 208 valence electrons. The van der Waals surface area contributed by atoms with Crippen molar-refractivity contribution in [2.24, 2.45) is 10.2 Å². The highest BCUT2D eigenvalue weighted by Gasteiger charge is 2.23. The zero-order valence-corrected chi connectivity index (χ0v) is 24.7. The van der Waals surface area contributed by atoms with E-state index in [1.165, 1.54) is 55.7 Å². The Morgan fingerprint density at radius 3 is 1.95 bits per heavy atom. The molecule has 0 saturated carbocycles. The molecule has 0 aromatic heterocycles. The highest BCUT2D eigenvalue weighted by Crippen LogP contribution is 2.38. The first-order valence-electron chi connectivity index (χ1n) is 14.5. The number of benzene rings is 3. The lowest BCUT2D eigenvalue weighted by Crippen LogP contribution is -2.17. The smallest absolute Gasteiger partial charge is 0.258 e. The van der Waals surface area contributed by atoms with Crippen LogP contribution in [0.25, 0.3) is 11.1 Å². The number of rotatable bonds is 14. The predicted molar refractivity (Wildman–Crippen MR) is 163 cm³/mol. The molecule has 3 rings (SSSR count). The number of azo groups is 1. The Hall–Kier alpha value is -3.34. The number of para-hydroxylation sites is 1. The Labute approximate surface area is 234 Å². The summed E-state index contributed by atoms with van der Waals surface area (Å²) in [5, 5.41) is 20.3. The molecule has 0 unspecified atom stereocenters. The summed E-state index contributed by atoms with van der Waals surface area (Å²) in [5.41, 5.74) is 5.78. The van der Waals surface area contributed by atoms with Gasteiger partial charge in [0.1, 0.15) is 0 Å². The fourth-order valence-electron chi connectivity index (χ4n) is 5.08. The second-order valence-corrected chi connectivity index (χ2v) is 12.0. The third-order valence-corrected chi connectivity index (χ3v) is 7.84. The zero-order chi connectivity index (χ0) is 28.5. The Bertz CT molecular complexity index is 1280. The van der Waals surface area contributed by atoms with Gasteiger partial charge in [0, 0.05) is 6.07 Å². The lowest BCUT2D eigenvalue weighted by molar-refractivity contribution is -0.384. The molecule has 0 fully saturated rings. The number of unbranched alkanes of at least 4 members (excludes halogenated alkanes) is 4. The minimum absolute atomic E-state index is 0.0365. The quantitative estimate of drug-likeness (QED) is 0.0905. The largest absolute Gasteiger partial charge is 0.296 e. The highest BCUT2D eigenvalue weighted by atomic mass is 16.6. The van der Waals surface area contributed by atoms with E-state index >= 15 is 0 Å². The Balaban J connectivity index is 2.06. The average Bonchev–Trinajstić information content (AvgIpc) is 2.92. The first-order chi connectivity index (χ1) is 18.6. The summed E-state index contributed by atoms with van der Waals surface area (Å²) in [7, 11) is 0. The van der Waals surface area contributed by atoms with E-state index < -0.39 is 4.92 Å². The fraction of sp³-hybridized carbons (Fsp3) is 0.471. The number of nitro benzene ring substituents is 1. The maximum atomic E-state index is 11.5. The summed E-state index contributed by atoms with van der Waals surface area (Å²) in [5.74, 6) is 0. The fourth-order valence-corrected chi connectivity index (χ4v) is 5.08. The van der Waals surface area contributed by atoms with E-state index in [1.807, 2.05) is 6.07 Å². The van der Waals surface area contributed by atoms with Crippen LogP contribution in [0.1, 0.15) is 104 Å². The summed E-state index contributed by atoms with van der Waals surface area (Å²) in [4.78, 5) is 11.1. The monoisotopic (exact) mass is 527 g/mol. The average molecular weight is 528 g/mol. The molecule has 0 aliphatic rings. The number of hydrogen-bond acceptors (Lipinski definition) is 4. The van der Waals surface area contributed by atoms with Crippen molar-refractivity contribution in [3.8, 4) is 11.1 Å². The number of nitrogens with zero attached hydrogens (tertiary/aromatic N) is 3. The van der Waals surface area contributed by atoms with Gasteiger partial charge in [0.2, 0.25) is 0 Å². The second kappa shape index (κ2) is 13.6. The van der Waals surface area contributed by atoms with Crippen LogP contribution in [0, 0.1) is 10.1 Å². The van der Waals surface area contributed by atoms with Crippen molar-refractivity contribution < 1.29 is 4.92 Å². The van der Waals surface area contributed by atoms with Crippen LogP contribution < -0.4 is 0 Å². The molecular weight excluding hydrogens is 482 g/mol. The number of nitro groups is 1. The van der Waals surface area contributed by atoms with Gasteiger partial charge in [-0.15, -0.1) is 5.11 Å². The molecule has 0 saturated heterocycles. The van der Waals surface area contributed by atoms with E-state index in [2.05, 4.69) is 88.2 Å². The maximum Gasteiger partial charge on any atom is 0.296 e. The molecule has 0 amide bonds. The summed E-state index contributed by atoms with van der Waals surface area (Å²) >= 11 is 0. The van der Waals surface area contributed by atoms with Crippen LogP contribution in [-0.4, -0.2) is 4.92 Å². The molecule has 0 aliphatic carbocycles. The summed E-state index contributed by atoms with van der Waals surface area (Å²) in [6, 6.07) is 21.8. The van der Waals surface area contributed by atoms with Crippen LogP contribution in [0.2, 0.25) is 0 Å². The van der Waals surface area contributed by atoms with E-state index in [1.54, 1.807) is 18.2 Å². The van der Waals surface area contributed by atoms with Crippen LogP contribution in [0.15, 0.2) is 77.0 Å². The first kappa shape index (κ1) is 30.2. The van der Waals surface area contributed by atoms with Crippen LogP contribution in [0.5, 0.6) is 0 Å². The second-order valence-electron chi connectivity index (χ2n) is 12.0. The maximum absolute atomic E-state index is 11.5. The molecule has 39 heavy (non-hydrogen) atoms. The van der Waals surface area contributed by atoms with E-state index in [0.717, 1.165) is 24.0 Å². The minimum Gasteiger partial charge on any atom is -0.258 e. The van der Waals surface area contributed by atoms with Crippen LogP contribution in [-0.2, 0) is 10.8 Å². The van der Waals surface area contributed by atoms with Gasteiger partial charge >= 0.3 is 0 Å². The van der Waals surface area contributed by atoms with Crippen molar-refractivity contribution >= 4 is 17.1 Å². The molecule has 0 aliphatic heterocycles. The van der Waals surface area contributed by atoms with Gasteiger partial charge in [0.15, 0.2) is 5.69 Å². The molecule has 5 heteroatoms. The summed E-state index contributed by atoms with van der Waals surface area (Å²) in [6.45, 7) is 13.7. The highest BCUT2D eigenvalue weighted by molar-refractivity contribution is 5.70.